The molecule has 0 aliphatic carbocycles. The van der Waals surface area contributed by atoms with Gasteiger partial charge in [-0.05, 0) is 43.3 Å². The Labute approximate surface area is 184 Å². The summed E-state index contributed by atoms with van der Waals surface area (Å²) >= 11 is 5.77. The van der Waals surface area contributed by atoms with E-state index in [1.807, 2.05) is 0 Å². The van der Waals surface area contributed by atoms with Gasteiger partial charge in [0.05, 0.1) is 17.8 Å². The predicted octanol–water partition coefficient (Wildman–Crippen LogP) is 3.58. The van der Waals surface area contributed by atoms with E-state index >= 15 is 0 Å². The van der Waals surface area contributed by atoms with E-state index in [0.29, 0.717) is 10.7 Å². The molecule has 0 aliphatic rings. The number of halogens is 4. The van der Waals surface area contributed by atoms with Crippen molar-refractivity contribution in [1.82, 2.24) is 15.1 Å². The fourth-order valence-electron chi connectivity index (χ4n) is 2.83. The Morgan fingerprint density at radius 3 is 2.41 bits per heavy atom. The summed E-state index contributed by atoms with van der Waals surface area (Å²) in [7, 11) is 0. The van der Waals surface area contributed by atoms with Crippen LogP contribution in [0.2, 0.25) is 5.02 Å². The van der Waals surface area contributed by atoms with Gasteiger partial charge >= 0.3 is 6.18 Å². The Balaban J connectivity index is 1.82. The third-order valence-corrected chi connectivity index (χ3v) is 4.55. The Morgan fingerprint density at radius 2 is 1.75 bits per heavy atom. The number of para-hydroxylation sites is 1. The number of aryl methyl sites for hydroxylation is 1. The molecule has 0 saturated heterocycles. The second-order valence-electron chi connectivity index (χ2n) is 6.66. The first-order valence-corrected chi connectivity index (χ1v) is 9.55. The summed E-state index contributed by atoms with van der Waals surface area (Å²) in [5.41, 5.74) is -2.22. The van der Waals surface area contributed by atoms with Gasteiger partial charge < -0.3 is 10.6 Å². The number of benzene rings is 2. The minimum absolute atomic E-state index is 0.101. The van der Waals surface area contributed by atoms with E-state index in [9.17, 15) is 27.6 Å². The summed E-state index contributed by atoms with van der Waals surface area (Å²) < 4.78 is 41.0. The van der Waals surface area contributed by atoms with Crippen LogP contribution >= 0.6 is 11.6 Å². The highest BCUT2D eigenvalue weighted by Gasteiger charge is 2.34. The van der Waals surface area contributed by atoms with Crippen molar-refractivity contribution in [2.75, 3.05) is 11.9 Å². The molecule has 0 aliphatic heterocycles. The molecule has 2 N–H and O–H groups in total. The maximum absolute atomic E-state index is 13.4. The maximum atomic E-state index is 13.4. The summed E-state index contributed by atoms with van der Waals surface area (Å²) in [6, 6.07) is 11.9. The smallest absolute Gasteiger partial charge is 0.341 e. The lowest BCUT2D eigenvalue weighted by Gasteiger charge is -2.16. The molecule has 2 amide bonds. The van der Waals surface area contributed by atoms with Crippen LogP contribution in [0.3, 0.4) is 0 Å². The van der Waals surface area contributed by atoms with Crippen molar-refractivity contribution >= 4 is 29.1 Å². The van der Waals surface area contributed by atoms with Crippen LogP contribution in [0.4, 0.5) is 18.9 Å². The minimum Gasteiger partial charge on any atom is -0.341 e. The first kappa shape index (κ1) is 23.0. The molecule has 0 unspecified atom stereocenters. The van der Waals surface area contributed by atoms with Gasteiger partial charge in [0, 0.05) is 22.5 Å². The summed E-state index contributed by atoms with van der Waals surface area (Å²) in [5.74, 6) is -1.59. The number of hydrogen-bond acceptors (Lipinski definition) is 4. The maximum Gasteiger partial charge on any atom is 0.418 e. The third-order valence-electron chi connectivity index (χ3n) is 4.30. The summed E-state index contributed by atoms with van der Waals surface area (Å²) in [6.07, 6.45) is -4.67. The van der Waals surface area contributed by atoms with Crippen molar-refractivity contribution in [2.24, 2.45) is 0 Å². The summed E-state index contributed by atoms with van der Waals surface area (Å²) in [4.78, 5) is 36.7. The van der Waals surface area contributed by atoms with Crippen LogP contribution in [0.25, 0.3) is 5.69 Å². The van der Waals surface area contributed by atoms with Crippen molar-refractivity contribution < 1.29 is 22.8 Å². The normalized spacial score (nSPS) is 11.2. The topological polar surface area (TPSA) is 93.1 Å². The van der Waals surface area contributed by atoms with E-state index in [2.05, 4.69) is 15.7 Å². The SMILES string of the molecule is Cc1cc(=O)c(C(=O)NCC(=O)Nc2ccc(Cl)cc2)nn1-c1ccccc1C(F)(F)F. The van der Waals surface area contributed by atoms with Crippen LogP contribution in [0.1, 0.15) is 21.7 Å². The van der Waals surface area contributed by atoms with E-state index in [1.165, 1.54) is 25.1 Å². The molecule has 0 atom stereocenters. The van der Waals surface area contributed by atoms with Crippen LogP contribution in [-0.4, -0.2) is 28.1 Å². The molecule has 32 heavy (non-hydrogen) atoms. The van der Waals surface area contributed by atoms with Gasteiger partial charge in [0.15, 0.2) is 5.69 Å². The Bertz CT molecular complexity index is 1220. The number of carbonyl (C=O) groups is 2. The van der Waals surface area contributed by atoms with E-state index in [0.717, 1.165) is 16.8 Å². The molecule has 0 radical (unpaired) electrons. The number of aromatic nitrogens is 2. The standard InChI is InChI=1S/C21H16ClF3N4O3/c1-12-10-17(30)19(28-29(12)16-5-3-2-4-15(16)21(23,24)25)20(32)26-11-18(31)27-14-8-6-13(22)7-9-14/h2-10H,11H2,1H3,(H,26,32)(H,27,31). The molecular formula is C21H16ClF3N4O3. The second kappa shape index (κ2) is 9.23. The van der Waals surface area contributed by atoms with E-state index in [-0.39, 0.29) is 11.4 Å². The lowest BCUT2D eigenvalue weighted by Crippen LogP contribution is -2.37. The number of amides is 2. The molecule has 166 valence electrons. The van der Waals surface area contributed by atoms with Crippen LogP contribution < -0.4 is 16.1 Å². The molecule has 7 nitrogen and oxygen atoms in total. The van der Waals surface area contributed by atoms with Gasteiger partial charge in [-0.25, -0.2) is 4.68 Å². The Kier molecular flexibility index (Phi) is 6.64. The number of alkyl halides is 3. The van der Waals surface area contributed by atoms with Crippen LogP contribution in [-0.2, 0) is 11.0 Å². The molecule has 0 fully saturated rings. The Hall–Kier alpha value is -3.66. The highest BCUT2D eigenvalue weighted by Crippen LogP contribution is 2.33. The number of rotatable bonds is 5. The molecule has 1 heterocycles. The summed E-state index contributed by atoms with van der Waals surface area (Å²) in [5, 5.41) is 9.07. The Morgan fingerprint density at radius 1 is 1.09 bits per heavy atom. The average molecular weight is 465 g/mol. The zero-order valence-corrected chi connectivity index (χ0v) is 17.3. The van der Waals surface area contributed by atoms with Gasteiger partial charge in [0.25, 0.3) is 5.91 Å². The van der Waals surface area contributed by atoms with Crippen LogP contribution in [0, 0.1) is 6.92 Å². The number of carbonyl (C=O) groups excluding carboxylic acids is 2. The molecule has 3 aromatic rings. The molecule has 3 rings (SSSR count). The van der Waals surface area contributed by atoms with E-state index in [1.54, 1.807) is 24.3 Å². The van der Waals surface area contributed by atoms with Gasteiger partial charge in [-0.15, -0.1) is 0 Å². The van der Waals surface area contributed by atoms with Crippen LogP contribution in [0.5, 0.6) is 0 Å². The highest BCUT2D eigenvalue weighted by atomic mass is 35.5. The van der Waals surface area contributed by atoms with E-state index in [4.69, 9.17) is 11.6 Å². The van der Waals surface area contributed by atoms with Gasteiger partial charge in [-0.1, -0.05) is 23.7 Å². The fourth-order valence-corrected chi connectivity index (χ4v) is 2.96. The molecule has 0 bridgehead atoms. The van der Waals surface area contributed by atoms with Crippen molar-refractivity contribution in [2.45, 2.75) is 13.1 Å². The zero-order valence-electron chi connectivity index (χ0n) is 16.5. The quantitative estimate of drug-likeness (QED) is 0.603. The number of nitrogens with one attached hydrogen (secondary N) is 2. The lowest BCUT2D eigenvalue weighted by molar-refractivity contribution is -0.137. The van der Waals surface area contributed by atoms with Crippen LogP contribution in [0.15, 0.2) is 59.4 Å². The third kappa shape index (κ3) is 5.33. The molecule has 1 aromatic heterocycles. The lowest BCUT2D eigenvalue weighted by atomic mass is 10.1. The van der Waals surface area contributed by atoms with Crippen molar-refractivity contribution in [3.63, 3.8) is 0 Å². The molecule has 0 spiro atoms. The van der Waals surface area contributed by atoms with Crippen molar-refractivity contribution in [3.8, 4) is 5.69 Å². The monoisotopic (exact) mass is 464 g/mol. The van der Waals surface area contributed by atoms with Gasteiger partial charge in [-0.2, -0.15) is 18.3 Å². The minimum atomic E-state index is -4.67. The largest absolute Gasteiger partial charge is 0.418 e. The molecule has 11 heteroatoms. The number of anilines is 1. The highest BCUT2D eigenvalue weighted by molar-refractivity contribution is 6.30. The molecule has 2 aromatic carbocycles. The van der Waals surface area contributed by atoms with Crippen molar-refractivity contribution in [3.05, 3.63) is 86.8 Å². The average Bonchev–Trinajstić information content (AvgIpc) is 2.73. The molecule has 0 saturated carbocycles. The number of hydrogen-bond donors (Lipinski definition) is 2. The zero-order chi connectivity index (χ0) is 23.5. The predicted molar refractivity (Wildman–Crippen MR) is 112 cm³/mol. The van der Waals surface area contributed by atoms with Gasteiger partial charge in [0.1, 0.15) is 0 Å². The summed E-state index contributed by atoms with van der Waals surface area (Å²) in [6.45, 7) is 0.901. The van der Waals surface area contributed by atoms with E-state index < -0.39 is 41.2 Å². The number of nitrogens with zero attached hydrogens (tertiary/aromatic N) is 2. The fraction of sp³-hybridized carbons (Fsp3) is 0.143. The first-order valence-electron chi connectivity index (χ1n) is 9.17. The second-order valence-corrected chi connectivity index (χ2v) is 7.10. The van der Waals surface area contributed by atoms with Gasteiger partial charge in [-0.3, -0.25) is 14.4 Å². The van der Waals surface area contributed by atoms with Gasteiger partial charge in [0.2, 0.25) is 11.3 Å². The van der Waals surface area contributed by atoms with Crippen molar-refractivity contribution in [1.29, 1.82) is 0 Å². The molecular weight excluding hydrogens is 449 g/mol. The first-order chi connectivity index (χ1) is 15.1.